The lowest BCUT2D eigenvalue weighted by Crippen LogP contribution is -2.26. The van der Waals surface area contributed by atoms with Gasteiger partial charge in [0.15, 0.2) is 0 Å². The molecule has 0 bridgehead atoms. The Morgan fingerprint density at radius 2 is 1.70 bits per heavy atom. The standard InChI is InChI=1S/C19H18N2O2/c22-17-12-18(23)21(14-7-2-1-3-8-14)16-11-10-13-6-4-5-9-15(13)19(16)20-17/h1-3,7-8,10-11H,4-6,9,12H2,(H,20,22). The number of hydrogen-bond donors (Lipinski definition) is 1. The minimum Gasteiger partial charge on any atom is -0.324 e. The Hall–Kier alpha value is -2.62. The molecule has 0 aromatic heterocycles. The van der Waals surface area contributed by atoms with E-state index in [2.05, 4.69) is 11.4 Å². The number of fused-ring (bicyclic) bond motifs is 3. The van der Waals surface area contributed by atoms with Crippen LogP contribution in [0.1, 0.15) is 30.4 Å². The van der Waals surface area contributed by atoms with Crippen LogP contribution >= 0.6 is 0 Å². The van der Waals surface area contributed by atoms with Crippen LogP contribution < -0.4 is 10.2 Å². The molecule has 0 spiro atoms. The molecule has 2 aromatic rings. The maximum absolute atomic E-state index is 12.6. The first-order valence-electron chi connectivity index (χ1n) is 8.06. The summed E-state index contributed by atoms with van der Waals surface area (Å²) in [6.07, 6.45) is 4.17. The minimum absolute atomic E-state index is 0.127. The van der Waals surface area contributed by atoms with Crippen molar-refractivity contribution in [3.8, 4) is 0 Å². The number of para-hydroxylation sites is 1. The summed E-state index contributed by atoms with van der Waals surface area (Å²) in [5, 5.41) is 2.98. The third kappa shape index (κ3) is 2.40. The summed E-state index contributed by atoms with van der Waals surface area (Å²) in [6.45, 7) is 0. The van der Waals surface area contributed by atoms with Crippen molar-refractivity contribution < 1.29 is 9.59 Å². The maximum Gasteiger partial charge on any atom is 0.241 e. The predicted octanol–water partition coefficient (Wildman–Crippen LogP) is 3.57. The van der Waals surface area contributed by atoms with E-state index in [1.807, 2.05) is 36.4 Å². The van der Waals surface area contributed by atoms with Gasteiger partial charge in [0, 0.05) is 5.69 Å². The van der Waals surface area contributed by atoms with Crippen LogP contribution in [0.2, 0.25) is 0 Å². The molecule has 1 N–H and O–H groups in total. The largest absolute Gasteiger partial charge is 0.324 e. The molecule has 1 aliphatic heterocycles. The molecule has 2 aliphatic rings. The monoisotopic (exact) mass is 306 g/mol. The second kappa shape index (κ2) is 5.54. The average Bonchev–Trinajstić information content (AvgIpc) is 2.70. The molecule has 1 heterocycles. The summed E-state index contributed by atoms with van der Waals surface area (Å²) in [4.78, 5) is 26.5. The SMILES string of the molecule is O=C1CC(=O)N(c2ccccc2)c2ccc3c(c2N1)CCCC3. The highest BCUT2D eigenvalue weighted by Gasteiger charge is 2.30. The zero-order chi connectivity index (χ0) is 15.8. The highest BCUT2D eigenvalue weighted by Crippen LogP contribution is 2.40. The Kier molecular flexibility index (Phi) is 3.37. The summed E-state index contributed by atoms with van der Waals surface area (Å²) in [5.41, 5.74) is 4.89. The van der Waals surface area contributed by atoms with Gasteiger partial charge >= 0.3 is 0 Å². The fourth-order valence-electron chi connectivity index (χ4n) is 3.54. The van der Waals surface area contributed by atoms with Crippen molar-refractivity contribution in [1.82, 2.24) is 0 Å². The van der Waals surface area contributed by atoms with Crippen molar-refractivity contribution in [3.63, 3.8) is 0 Å². The number of rotatable bonds is 1. The number of carbonyl (C=O) groups excluding carboxylic acids is 2. The molecule has 1 aliphatic carbocycles. The number of aryl methyl sites for hydroxylation is 1. The van der Waals surface area contributed by atoms with Gasteiger partial charge in [0.2, 0.25) is 11.8 Å². The molecule has 23 heavy (non-hydrogen) atoms. The van der Waals surface area contributed by atoms with Gasteiger partial charge in [-0.25, -0.2) is 0 Å². The van der Waals surface area contributed by atoms with E-state index in [1.165, 1.54) is 17.5 Å². The first-order valence-corrected chi connectivity index (χ1v) is 8.06. The summed E-state index contributed by atoms with van der Waals surface area (Å²) >= 11 is 0. The third-order valence-electron chi connectivity index (χ3n) is 4.59. The highest BCUT2D eigenvalue weighted by molar-refractivity contribution is 6.17. The Balaban J connectivity index is 1.92. The van der Waals surface area contributed by atoms with Crippen molar-refractivity contribution in [2.75, 3.05) is 10.2 Å². The van der Waals surface area contributed by atoms with Gasteiger partial charge in [-0.3, -0.25) is 14.5 Å². The first kappa shape index (κ1) is 14.0. The molecule has 116 valence electrons. The Morgan fingerprint density at radius 1 is 0.913 bits per heavy atom. The number of anilines is 3. The predicted molar refractivity (Wildman–Crippen MR) is 89.9 cm³/mol. The normalized spacial score (nSPS) is 17.1. The van der Waals surface area contributed by atoms with Gasteiger partial charge in [0.25, 0.3) is 0 Å². The minimum atomic E-state index is -0.228. The number of hydrogen-bond acceptors (Lipinski definition) is 2. The van der Waals surface area contributed by atoms with Crippen molar-refractivity contribution >= 4 is 28.9 Å². The van der Waals surface area contributed by atoms with E-state index in [0.29, 0.717) is 0 Å². The van der Waals surface area contributed by atoms with E-state index in [-0.39, 0.29) is 18.2 Å². The van der Waals surface area contributed by atoms with Gasteiger partial charge in [-0.15, -0.1) is 0 Å². The molecule has 0 saturated heterocycles. The maximum atomic E-state index is 12.6. The van der Waals surface area contributed by atoms with E-state index < -0.39 is 0 Å². The van der Waals surface area contributed by atoms with Crippen LogP contribution in [-0.4, -0.2) is 11.8 Å². The second-order valence-corrected chi connectivity index (χ2v) is 6.09. The molecule has 0 fully saturated rings. The van der Waals surface area contributed by atoms with Crippen LogP contribution in [-0.2, 0) is 22.4 Å². The fraction of sp³-hybridized carbons (Fsp3) is 0.263. The third-order valence-corrected chi connectivity index (χ3v) is 4.59. The lowest BCUT2D eigenvalue weighted by molar-refractivity contribution is -0.124. The molecule has 0 radical (unpaired) electrons. The molecule has 2 amide bonds. The van der Waals surface area contributed by atoms with Crippen molar-refractivity contribution in [3.05, 3.63) is 53.6 Å². The molecule has 0 atom stereocenters. The van der Waals surface area contributed by atoms with Crippen LogP contribution in [0.25, 0.3) is 0 Å². The summed E-state index contributed by atoms with van der Waals surface area (Å²) in [7, 11) is 0. The Bertz CT molecular complexity index is 783. The van der Waals surface area contributed by atoms with E-state index in [1.54, 1.807) is 4.90 Å². The summed E-state index contributed by atoms with van der Waals surface area (Å²) < 4.78 is 0. The van der Waals surface area contributed by atoms with Gasteiger partial charge in [0.1, 0.15) is 6.42 Å². The first-order chi connectivity index (χ1) is 11.2. The van der Waals surface area contributed by atoms with Gasteiger partial charge in [-0.05, 0) is 55.0 Å². The molecular weight excluding hydrogens is 288 g/mol. The van der Waals surface area contributed by atoms with Gasteiger partial charge in [-0.2, -0.15) is 0 Å². The smallest absolute Gasteiger partial charge is 0.241 e. The number of benzene rings is 2. The van der Waals surface area contributed by atoms with Crippen LogP contribution in [0.5, 0.6) is 0 Å². The van der Waals surface area contributed by atoms with Crippen LogP contribution in [0, 0.1) is 0 Å². The number of carbonyl (C=O) groups is 2. The molecule has 4 rings (SSSR count). The molecule has 0 saturated carbocycles. The molecule has 4 heteroatoms. The van der Waals surface area contributed by atoms with E-state index in [9.17, 15) is 9.59 Å². The van der Waals surface area contributed by atoms with Crippen LogP contribution in [0.4, 0.5) is 17.1 Å². The van der Waals surface area contributed by atoms with Crippen molar-refractivity contribution in [2.24, 2.45) is 0 Å². The molecule has 2 aromatic carbocycles. The molecule has 4 nitrogen and oxygen atoms in total. The quantitative estimate of drug-likeness (QED) is 0.819. The van der Waals surface area contributed by atoms with E-state index >= 15 is 0 Å². The van der Waals surface area contributed by atoms with Gasteiger partial charge in [-0.1, -0.05) is 24.3 Å². The fourth-order valence-corrected chi connectivity index (χ4v) is 3.54. The van der Waals surface area contributed by atoms with E-state index in [0.717, 1.165) is 36.3 Å². The topological polar surface area (TPSA) is 49.4 Å². The van der Waals surface area contributed by atoms with Gasteiger partial charge < -0.3 is 5.32 Å². The molecular formula is C19H18N2O2. The van der Waals surface area contributed by atoms with Crippen LogP contribution in [0.15, 0.2) is 42.5 Å². The zero-order valence-corrected chi connectivity index (χ0v) is 12.8. The highest BCUT2D eigenvalue weighted by atomic mass is 16.2. The Morgan fingerprint density at radius 3 is 2.52 bits per heavy atom. The van der Waals surface area contributed by atoms with Crippen LogP contribution in [0.3, 0.4) is 0 Å². The lowest BCUT2D eigenvalue weighted by atomic mass is 9.89. The van der Waals surface area contributed by atoms with E-state index in [4.69, 9.17) is 0 Å². The van der Waals surface area contributed by atoms with Crippen molar-refractivity contribution in [2.45, 2.75) is 32.1 Å². The second-order valence-electron chi connectivity index (χ2n) is 6.09. The number of nitrogens with one attached hydrogen (secondary N) is 1. The summed E-state index contributed by atoms with van der Waals surface area (Å²) in [6, 6.07) is 13.6. The average molecular weight is 306 g/mol. The number of nitrogens with zero attached hydrogens (tertiary/aromatic N) is 1. The van der Waals surface area contributed by atoms with Crippen molar-refractivity contribution in [1.29, 1.82) is 0 Å². The summed E-state index contributed by atoms with van der Waals surface area (Å²) in [5.74, 6) is -0.420. The number of amides is 2. The lowest BCUT2D eigenvalue weighted by Gasteiger charge is -2.26. The zero-order valence-electron chi connectivity index (χ0n) is 12.8. The van der Waals surface area contributed by atoms with Gasteiger partial charge in [0.05, 0.1) is 11.4 Å². The molecule has 0 unspecified atom stereocenters. The Labute approximate surface area is 135 Å².